The second kappa shape index (κ2) is 13.2. The summed E-state index contributed by atoms with van der Waals surface area (Å²) < 4.78 is 28.7. The van der Waals surface area contributed by atoms with Crippen LogP contribution in [-0.4, -0.2) is 75.4 Å². The van der Waals surface area contributed by atoms with Crippen LogP contribution in [-0.2, 0) is 38.1 Å². The van der Waals surface area contributed by atoms with E-state index >= 15 is 0 Å². The second-order valence-corrected chi connectivity index (χ2v) is 10.2. The topological polar surface area (TPSA) is 152 Å². The Kier molecular flexibility index (Phi) is 10.2. The zero-order valence-corrected chi connectivity index (χ0v) is 23.9. The highest BCUT2D eigenvalue weighted by Crippen LogP contribution is 2.38. The van der Waals surface area contributed by atoms with Crippen molar-refractivity contribution >= 4 is 23.6 Å². The van der Waals surface area contributed by atoms with E-state index in [9.17, 15) is 19.2 Å². The molecule has 4 bridgehead atoms. The SMILES string of the molecule is COC1=C2C(=O)C(=CC1=O)NC(=O)C(C)=CC=C[C@H](OC)[C@@H](OC(N)=O)C(C)=C[C@H](C)[C@H]1OC2[C@@H](C)C[C@@H]1OC. The molecule has 11 heteroatoms. The molecule has 7 atom stereocenters. The number of nitrogens with one attached hydrogen (secondary N) is 1. The lowest BCUT2D eigenvalue weighted by Crippen LogP contribution is -2.50. The largest absolute Gasteiger partial charge is 0.492 e. The predicted octanol–water partition coefficient (Wildman–Crippen LogP) is 2.42. The fraction of sp³-hybridized carbons (Fsp3) is 0.517. The van der Waals surface area contributed by atoms with Gasteiger partial charge in [0.2, 0.25) is 11.6 Å². The van der Waals surface area contributed by atoms with E-state index in [0.717, 1.165) is 6.08 Å². The Morgan fingerprint density at radius 2 is 1.80 bits per heavy atom. The first-order valence-corrected chi connectivity index (χ1v) is 13.0. The Morgan fingerprint density at radius 1 is 1.10 bits per heavy atom. The van der Waals surface area contributed by atoms with Gasteiger partial charge in [0.05, 0.1) is 36.7 Å². The maximum Gasteiger partial charge on any atom is 0.405 e. The third kappa shape index (κ3) is 6.60. The number of primary amides is 1. The highest BCUT2D eigenvalue weighted by atomic mass is 16.6. The highest BCUT2D eigenvalue weighted by molar-refractivity contribution is 6.23. The fourth-order valence-electron chi connectivity index (χ4n) is 5.32. The molecule has 2 aliphatic heterocycles. The van der Waals surface area contributed by atoms with Gasteiger partial charge in [-0.1, -0.05) is 38.2 Å². The standard InChI is InChI=1S/C29H38N2O9/c1-14-9-8-10-20(36-5)24(40-29(30)35)15(2)11-16(3)25-21(37-6)12-17(4)26(39-25)22-23(33)18(31-28(14)34)13-19(32)27(22)38-7/h8-11,13,16-17,20-21,24-26H,12H2,1-7H3,(H2,30,35)(H,31,34)/t16-,17-,20-,21-,24-,25+,26?/m0/s1. The number of carbonyl (C=O) groups is 4. The van der Waals surface area contributed by atoms with Crippen LogP contribution in [0.4, 0.5) is 4.79 Å². The van der Waals surface area contributed by atoms with Gasteiger partial charge >= 0.3 is 6.09 Å². The average Bonchev–Trinajstić information content (AvgIpc) is 2.90. The molecule has 3 aliphatic rings. The average molecular weight is 559 g/mol. The van der Waals surface area contributed by atoms with Gasteiger partial charge in [0.15, 0.2) is 11.9 Å². The van der Waals surface area contributed by atoms with Gasteiger partial charge in [-0.25, -0.2) is 4.79 Å². The predicted molar refractivity (Wildman–Crippen MR) is 145 cm³/mol. The minimum Gasteiger partial charge on any atom is -0.492 e. The van der Waals surface area contributed by atoms with Crippen LogP contribution >= 0.6 is 0 Å². The Bertz CT molecular complexity index is 1200. The lowest BCUT2D eigenvalue weighted by atomic mass is 9.80. The summed E-state index contributed by atoms with van der Waals surface area (Å²) in [5, 5.41) is 2.55. The third-order valence-corrected chi connectivity index (χ3v) is 7.38. The number of methoxy groups -OCH3 is 3. The number of hydrogen-bond donors (Lipinski definition) is 2. The number of carbonyl (C=O) groups excluding carboxylic acids is 4. The van der Waals surface area contributed by atoms with Crippen molar-refractivity contribution in [2.24, 2.45) is 17.6 Å². The number of Topliss-reactive ketones (excluding diaryl/α,β-unsaturated/α-hetero) is 1. The zero-order valence-electron chi connectivity index (χ0n) is 23.9. The molecule has 0 aromatic heterocycles. The van der Waals surface area contributed by atoms with Crippen LogP contribution in [0.5, 0.6) is 0 Å². The summed E-state index contributed by atoms with van der Waals surface area (Å²) in [5.74, 6) is -2.35. The van der Waals surface area contributed by atoms with E-state index in [0.29, 0.717) is 12.0 Å². The van der Waals surface area contributed by atoms with Crippen molar-refractivity contribution < 1.29 is 42.9 Å². The lowest BCUT2D eigenvalue weighted by Gasteiger charge is -2.43. The molecule has 2 amide bonds. The van der Waals surface area contributed by atoms with Crippen molar-refractivity contribution in [2.75, 3.05) is 21.3 Å². The molecule has 1 aliphatic carbocycles. The van der Waals surface area contributed by atoms with Crippen molar-refractivity contribution in [1.29, 1.82) is 0 Å². The number of fused-ring (bicyclic) bond motifs is 5. The van der Waals surface area contributed by atoms with E-state index in [4.69, 9.17) is 29.4 Å². The summed E-state index contributed by atoms with van der Waals surface area (Å²) in [6.07, 6.45) is 3.87. The normalized spacial score (nSPS) is 31.9. The monoisotopic (exact) mass is 558 g/mol. The smallest absolute Gasteiger partial charge is 0.405 e. The molecule has 1 saturated heterocycles. The molecule has 2 heterocycles. The number of ketones is 2. The van der Waals surface area contributed by atoms with Gasteiger partial charge in [0, 0.05) is 31.8 Å². The summed E-state index contributed by atoms with van der Waals surface area (Å²) >= 11 is 0. The molecule has 0 spiro atoms. The van der Waals surface area contributed by atoms with Crippen LogP contribution in [0.25, 0.3) is 0 Å². The van der Waals surface area contributed by atoms with Crippen molar-refractivity contribution in [1.82, 2.24) is 5.32 Å². The van der Waals surface area contributed by atoms with E-state index in [1.54, 1.807) is 33.1 Å². The van der Waals surface area contributed by atoms with Gasteiger partial charge in [0.1, 0.15) is 6.10 Å². The maximum absolute atomic E-state index is 13.7. The quantitative estimate of drug-likeness (QED) is 0.391. The van der Waals surface area contributed by atoms with Gasteiger partial charge in [-0.3, -0.25) is 14.4 Å². The van der Waals surface area contributed by atoms with Crippen LogP contribution in [0, 0.1) is 11.8 Å². The minimum absolute atomic E-state index is 0.0467. The summed E-state index contributed by atoms with van der Waals surface area (Å²) in [6.45, 7) is 7.14. The molecule has 0 aromatic carbocycles. The molecule has 3 N–H and O–H groups in total. The van der Waals surface area contributed by atoms with Gasteiger partial charge in [-0.15, -0.1) is 0 Å². The van der Waals surface area contributed by atoms with Crippen molar-refractivity contribution in [3.63, 3.8) is 0 Å². The molecule has 0 aromatic rings. The van der Waals surface area contributed by atoms with E-state index < -0.39 is 48.0 Å². The molecule has 218 valence electrons. The van der Waals surface area contributed by atoms with Gasteiger partial charge in [0.25, 0.3) is 5.91 Å². The Balaban J connectivity index is 2.19. The molecule has 1 unspecified atom stereocenters. The summed E-state index contributed by atoms with van der Waals surface area (Å²) in [6, 6.07) is 0. The van der Waals surface area contributed by atoms with Crippen molar-refractivity contribution in [3.8, 4) is 0 Å². The molecule has 3 rings (SSSR count). The molecule has 0 saturated carbocycles. The molecule has 0 radical (unpaired) electrons. The Labute approximate surface area is 234 Å². The zero-order chi connectivity index (χ0) is 29.7. The summed E-state index contributed by atoms with van der Waals surface area (Å²) in [4.78, 5) is 51.4. The Morgan fingerprint density at radius 3 is 2.40 bits per heavy atom. The van der Waals surface area contributed by atoms with Gasteiger partial charge in [-0.05, 0) is 31.8 Å². The molecule has 11 nitrogen and oxygen atoms in total. The van der Waals surface area contributed by atoms with E-state index in [1.807, 2.05) is 19.9 Å². The lowest BCUT2D eigenvalue weighted by molar-refractivity contribution is -0.155. The van der Waals surface area contributed by atoms with E-state index in [-0.39, 0.29) is 40.5 Å². The van der Waals surface area contributed by atoms with E-state index in [2.05, 4.69) is 5.32 Å². The van der Waals surface area contributed by atoms with Crippen LogP contribution in [0.2, 0.25) is 0 Å². The Hall–Kier alpha value is -3.54. The highest BCUT2D eigenvalue weighted by Gasteiger charge is 2.45. The molecular formula is C29H38N2O9. The second-order valence-electron chi connectivity index (χ2n) is 10.2. The number of hydrogen-bond acceptors (Lipinski definition) is 9. The number of amides is 2. The molecule has 40 heavy (non-hydrogen) atoms. The fourth-order valence-corrected chi connectivity index (χ4v) is 5.32. The van der Waals surface area contributed by atoms with Crippen LogP contribution in [0.15, 0.2) is 58.6 Å². The summed E-state index contributed by atoms with van der Waals surface area (Å²) in [7, 11) is 4.36. The molecule has 1 fully saturated rings. The van der Waals surface area contributed by atoms with Crippen LogP contribution in [0.3, 0.4) is 0 Å². The number of rotatable bonds is 4. The first kappa shape index (κ1) is 31.0. The summed E-state index contributed by atoms with van der Waals surface area (Å²) in [5.41, 5.74) is 6.15. The van der Waals surface area contributed by atoms with Crippen LogP contribution in [0.1, 0.15) is 34.1 Å². The molecular weight excluding hydrogens is 520 g/mol. The number of ether oxygens (including phenoxy) is 5. The maximum atomic E-state index is 13.7. The first-order chi connectivity index (χ1) is 18.9. The minimum atomic E-state index is -0.974. The first-order valence-electron chi connectivity index (χ1n) is 13.0. The van der Waals surface area contributed by atoms with Crippen molar-refractivity contribution in [2.45, 2.75) is 64.6 Å². The van der Waals surface area contributed by atoms with Gasteiger partial charge < -0.3 is 34.7 Å². The number of nitrogens with two attached hydrogens (primary N) is 1. The third-order valence-electron chi connectivity index (χ3n) is 7.38. The number of allylic oxidation sites excluding steroid dienone is 4. The van der Waals surface area contributed by atoms with Gasteiger partial charge in [-0.2, -0.15) is 0 Å². The van der Waals surface area contributed by atoms with E-state index in [1.165, 1.54) is 20.3 Å². The van der Waals surface area contributed by atoms with Crippen LogP contribution < -0.4 is 11.1 Å². The van der Waals surface area contributed by atoms with Crippen molar-refractivity contribution in [3.05, 3.63) is 58.6 Å².